The van der Waals surface area contributed by atoms with E-state index >= 15 is 0 Å². The number of carbonyl (C=O) groups excluding carboxylic acids is 3. The van der Waals surface area contributed by atoms with Crippen molar-refractivity contribution in [3.63, 3.8) is 0 Å². The van der Waals surface area contributed by atoms with Crippen molar-refractivity contribution >= 4 is 17.9 Å². The first-order valence-corrected chi connectivity index (χ1v) is 19.0. The number of benzene rings is 4. The van der Waals surface area contributed by atoms with Crippen LogP contribution in [-0.2, 0) is 48.3 Å². The Morgan fingerprint density at radius 3 is 2.36 bits per heavy atom. The second-order valence-electron chi connectivity index (χ2n) is 14.7. The zero-order valence-electron chi connectivity index (χ0n) is 31.3. The van der Waals surface area contributed by atoms with Gasteiger partial charge in [-0.05, 0) is 58.8 Å². The number of aliphatic hydroxyl groups is 1. The van der Waals surface area contributed by atoms with Crippen molar-refractivity contribution in [1.29, 1.82) is 0 Å². The Labute approximate surface area is 322 Å². The summed E-state index contributed by atoms with van der Waals surface area (Å²) in [6, 6.07) is 32.4. The predicted molar refractivity (Wildman–Crippen MR) is 205 cm³/mol. The Kier molecular flexibility index (Phi) is 12.3. The normalized spacial score (nSPS) is 24.3. The van der Waals surface area contributed by atoms with Crippen molar-refractivity contribution in [2.45, 2.75) is 76.5 Å². The first-order valence-electron chi connectivity index (χ1n) is 19.0. The molecule has 11 nitrogen and oxygen atoms in total. The highest BCUT2D eigenvalue weighted by Crippen LogP contribution is 2.42. The number of amides is 3. The Hall–Kier alpha value is -4.91. The molecule has 288 valence electrons. The van der Waals surface area contributed by atoms with Gasteiger partial charge in [-0.1, -0.05) is 104 Å². The van der Waals surface area contributed by atoms with Gasteiger partial charge in [-0.2, -0.15) is 0 Å². The minimum atomic E-state index is -0.972. The van der Waals surface area contributed by atoms with Gasteiger partial charge in [-0.3, -0.25) is 19.4 Å². The van der Waals surface area contributed by atoms with E-state index in [4.69, 9.17) is 18.9 Å². The smallest absolute Gasteiger partial charge is 0.408 e. The molecule has 0 saturated carbocycles. The highest BCUT2D eigenvalue weighted by Gasteiger charge is 2.41. The number of hydrogen-bond donors (Lipinski definition) is 2. The molecule has 3 heterocycles. The van der Waals surface area contributed by atoms with Crippen molar-refractivity contribution in [3.05, 3.63) is 131 Å². The lowest BCUT2D eigenvalue weighted by molar-refractivity contribution is -0.276. The highest BCUT2D eigenvalue weighted by molar-refractivity contribution is 6.06. The Balaban J connectivity index is 1.02. The van der Waals surface area contributed by atoms with Crippen molar-refractivity contribution in [1.82, 2.24) is 15.1 Å². The van der Waals surface area contributed by atoms with Gasteiger partial charge in [0, 0.05) is 31.2 Å². The Morgan fingerprint density at radius 1 is 0.873 bits per heavy atom. The molecule has 2 N–H and O–H groups in total. The van der Waals surface area contributed by atoms with Crippen LogP contribution in [0.5, 0.6) is 0 Å². The van der Waals surface area contributed by atoms with E-state index in [-0.39, 0.29) is 50.2 Å². The van der Waals surface area contributed by atoms with E-state index in [0.29, 0.717) is 12.6 Å². The highest BCUT2D eigenvalue weighted by atomic mass is 16.7. The van der Waals surface area contributed by atoms with Gasteiger partial charge in [0.15, 0.2) is 6.29 Å². The van der Waals surface area contributed by atoms with Gasteiger partial charge in [-0.15, -0.1) is 0 Å². The van der Waals surface area contributed by atoms with Crippen molar-refractivity contribution in [2.75, 3.05) is 26.8 Å². The van der Waals surface area contributed by atoms with Gasteiger partial charge in [-0.25, -0.2) is 4.79 Å². The number of methoxy groups -OCH3 is 1. The molecule has 3 saturated heterocycles. The van der Waals surface area contributed by atoms with E-state index in [1.54, 1.807) is 7.11 Å². The number of carbonyl (C=O) groups is 3. The number of likely N-dealkylation sites (tertiary alicyclic amines) is 2. The molecule has 4 aromatic rings. The standard InChI is InChI=1S/C44H49N3O8/c1-29-39(25-46-21-7-12-37(46)28-52-2)54-43(55-41(29)34-15-13-30(26-48)14-16-34)35-19-17-33(18-20-35)36-11-6-10-32(22-36)24-47-40(49)23-38(42(47)50)45-44(51)53-27-31-8-4-3-5-9-31/h3-6,8-11,13-20,22,29,37-39,41,43,48H,7,12,21,23-28H2,1-2H3,(H,45,51). The fraction of sp³-hybridized carbons (Fsp3) is 0.386. The Morgan fingerprint density at radius 2 is 1.62 bits per heavy atom. The summed E-state index contributed by atoms with van der Waals surface area (Å²) in [6.07, 6.45) is 0.507. The third kappa shape index (κ3) is 9.15. The van der Waals surface area contributed by atoms with Gasteiger partial charge in [0.25, 0.3) is 5.91 Å². The number of ether oxygens (including phenoxy) is 4. The summed E-state index contributed by atoms with van der Waals surface area (Å²) in [6.45, 7) is 4.82. The Bertz CT molecular complexity index is 1920. The van der Waals surface area contributed by atoms with Gasteiger partial charge >= 0.3 is 6.09 Å². The second-order valence-corrected chi connectivity index (χ2v) is 14.7. The van der Waals surface area contributed by atoms with Crippen LogP contribution in [0.25, 0.3) is 11.1 Å². The van der Waals surface area contributed by atoms with Crippen molar-refractivity contribution in [3.8, 4) is 11.1 Å². The molecule has 0 bridgehead atoms. The first kappa shape index (κ1) is 38.4. The molecule has 55 heavy (non-hydrogen) atoms. The lowest BCUT2D eigenvalue weighted by atomic mass is 9.89. The fourth-order valence-electron chi connectivity index (χ4n) is 7.81. The molecule has 11 heteroatoms. The number of hydrogen-bond acceptors (Lipinski definition) is 9. The number of aliphatic hydroxyl groups excluding tert-OH is 1. The molecule has 3 amide bonds. The first-order chi connectivity index (χ1) is 26.8. The number of imide groups is 1. The molecule has 0 spiro atoms. The second kappa shape index (κ2) is 17.7. The van der Waals surface area contributed by atoms with E-state index in [2.05, 4.69) is 17.1 Å². The summed E-state index contributed by atoms with van der Waals surface area (Å²) >= 11 is 0. The summed E-state index contributed by atoms with van der Waals surface area (Å²) < 4.78 is 24.2. The average Bonchev–Trinajstić information content (AvgIpc) is 3.76. The van der Waals surface area contributed by atoms with E-state index in [1.807, 2.05) is 103 Å². The van der Waals surface area contributed by atoms with Crippen LogP contribution in [0.4, 0.5) is 4.79 Å². The maximum atomic E-state index is 13.2. The number of nitrogens with one attached hydrogen (secondary N) is 1. The molecule has 6 unspecified atom stereocenters. The molecule has 0 aliphatic carbocycles. The van der Waals surface area contributed by atoms with E-state index in [1.165, 1.54) is 4.90 Å². The van der Waals surface area contributed by atoms with E-state index in [9.17, 15) is 19.5 Å². The average molecular weight is 748 g/mol. The quantitative estimate of drug-likeness (QED) is 0.152. The number of rotatable bonds is 13. The molecular weight excluding hydrogens is 698 g/mol. The molecule has 3 aliphatic rings. The summed E-state index contributed by atoms with van der Waals surface area (Å²) in [5, 5.41) is 12.2. The predicted octanol–water partition coefficient (Wildman–Crippen LogP) is 6.30. The van der Waals surface area contributed by atoms with Crippen LogP contribution < -0.4 is 5.32 Å². The largest absolute Gasteiger partial charge is 0.445 e. The maximum Gasteiger partial charge on any atom is 0.408 e. The van der Waals surface area contributed by atoms with Crippen LogP contribution in [0, 0.1) is 5.92 Å². The summed E-state index contributed by atoms with van der Waals surface area (Å²) in [5.41, 5.74) is 6.30. The fourth-order valence-corrected chi connectivity index (χ4v) is 7.81. The van der Waals surface area contributed by atoms with Crippen LogP contribution in [0.1, 0.15) is 66.4 Å². The molecule has 7 rings (SSSR count). The third-order valence-electron chi connectivity index (χ3n) is 10.9. The number of nitrogens with zero attached hydrogens (tertiary/aromatic N) is 2. The lowest BCUT2D eigenvalue weighted by Crippen LogP contribution is -2.46. The van der Waals surface area contributed by atoms with E-state index in [0.717, 1.165) is 64.9 Å². The van der Waals surface area contributed by atoms with Gasteiger partial charge in [0.05, 0.1) is 38.4 Å². The van der Waals surface area contributed by atoms with Crippen LogP contribution >= 0.6 is 0 Å². The lowest BCUT2D eigenvalue weighted by Gasteiger charge is -2.43. The minimum Gasteiger partial charge on any atom is -0.445 e. The van der Waals surface area contributed by atoms with Crippen LogP contribution in [0.3, 0.4) is 0 Å². The summed E-state index contributed by atoms with van der Waals surface area (Å²) in [4.78, 5) is 42.2. The van der Waals surface area contributed by atoms with Crippen molar-refractivity contribution < 1.29 is 38.4 Å². The molecule has 6 atom stereocenters. The third-order valence-corrected chi connectivity index (χ3v) is 10.9. The molecule has 0 radical (unpaired) electrons. The monoisotopic (exact) mass is 747 g/mol. The SMILES string of the molecule is COCC1CCCN1CC1OC(c2ccc(-c3cccc(CN4C(=O)CC(NC(=O)OCc5ccccc5)C4=O)c3)cc2)OC(c2ccc(CO)cc2)C1C. The molecular formula is C44H49N3O8. The molecule has 0 aromatic heterocycles. The van der Waals surface area contributed by atoms with Gasteiger partial charge in [0.2, 0.25) is 5.91 Å². The molecule has 3 aliphatic heterocycles. The maximum absolute atomic E-state index is 13.2. The van der Waals surface area contributed by atoms with Gasteiger partial charge < -0.3 is 29.4 Å². The zero-order chi connectivity index (χ0) is 38.3. The minimum absolute atomic E-state index is 0.0127. The number of alkyl carbamates (subject to hydrolysis) is 1. The zero-order valence-corrected chi connectivity index (χ0v) is 31.3. The van der Waals surface area contributed by atoms with Crippen molar-refractivity contribution in [2.24, 2.45) is 5.92 Å². The molecule has 3 fully saturated rings. The summed E-state index contributed by atoms with van der Waals surface area (Å²) in [5.74, 6) is -0.733. The van der Waals surface area contributed by atoms with Crippen LogP contribution in [0.15, 0.2) is 103 Å². The topological polar surface area (TPSA) is 127 Å². The van der Waals surface area contributed by atoms with Crippen LogP contribution in [-0.4, -0.2) is 77.8 Å². The van der Waals surface area contributed by atoms with E-state index < -0.39 is 24.3 Å². The van der Waals surface area contributed by atoms with Gasteiger partial charge in [0.1, 0.15) is 12.6 Å². The van der Waals surface area contributed by atoms with Crippen LogP contribution in [0.2, 0.25) is 0 Å². The molecule has 4 aromatic carbocycles. The summed E-state index contributed by atoms with van der Waals surface area (Å²) in [7, 11) is 1.75.